The van der Waals surface area contributed by atoms with Gasteiger partial charge in [-0.05, 0) is 29.3 Å². The van der Waals surface area contributed by atoms with Crippen molar-refractivity contribution >= 4 is 17.3 Å². The van der Waals surface area contributed by atoms with E-state index in [0.717, 1.165) is 5.56 Å². The van der Waals surface area contributed by atoms with Gasteiger partial charge in [-0.15, -0.1) is 0 Å². The summed E-state index contributed by atoms with van der Waals surface area (Å²) in [5.41, 5.74) is 0.385. The van der Waals surface area contributed by atoms with E-state index in [1.54, 1.807) is 7.11 Å². The number of morpholine rings is 1. The Balaban J connectivity index is 2.16. The Labute approximate surface area is 116 Å². The smallest absolute Gasteiger partial charge is 0.325 e. The monoisotopic (exact) mass is 285 g/mol. The van der Waals surface area contributed by atoms with Gasteiger partial charge in [0.15, 0.2) is 0 Å². The fraction of sp³-hybridized carbons (Fsp3) is 0.615. The van der Waals surface area contributed by atoms with Gasteiger partial charge < -0.3 is 14.6 Å². The van der Waals surface area contributed by atoms with Gasteiger partial charge in [0.05, 0.1) is 13.2 Å². The van der Waals surface area contributed by atoms with Gasteiger partial charge in [-0.2, -0.15) is 11.3 Å². The van der Waals surface area contributed by atoms with E-state index < -0.39 is 17.6 Å². The van der Waals surface area contributed by atoms with Crippen molar-refractivity contribution in [2.45, 2.75) is 18.6 Å². The van der Waals surface area contributed by atoms with Crippen molar-refractivity contribution in [1.29, 1.82) is 0 Å². The maximum Gasteiger partial charge on any atom is 0.325 e. The third-order valence-corrected chi connectivity index (χ3v) is 3.98. The van der Waals surface area contributed by atoms with E-state index in [1.807, 2.05) is 28.7 Å². The lowest BCUT2D eigenvalue weighted by atomic mass is 10.0. The highest BCUT2D eigenvalue weighted by Crippen LogP contribution is 2.28. The second-order valence-corrected chi connectivity index (χ2v) is 5.78. The molecule has 19 heavy (non-hydrogen) atoms. The summed E-state index contributed by atoms with van der Waals surface area (Å²) in [6.45, 7) is 4.10. The van der Waals surface area contributed by atoms with Gasteiger partial charge in [0.2, 0.25) is 0 Å². The Morgan fingerprint density at radius 1 is 1.74 bits per heavy atom. The quantitative estimate of drug-likeness (QED) is 0.890. The van der Waals surface area contributed by atoms with Crippen LogP contribution in [0.25, 0.3) is 0 Å². The molecule has 2 unspecified atom stereocenters. The summed E-state index contributed by atoms with van der Waals surface area (Å²) in [5.74, 6) is -0.819. The van der Waals surface area contributed by atoms with Gasteiger partial charge in [0, 0.05) is 20.2 Å². The molecule has 0 aliphatic carbocycles. The average Bonchev–Trinajstić information content (AvgIpc) is 2.82. The second kappa shape index (κ2) is 6.00. The molecule has 0 bridgehead atoms. The highest BCUT2D eigenvalue weighted by Gasteiger charge is 2.38. The van der Waals surface area contributed by atoms with E-state index in [1.165, 1.54) is 11.3 Å². The minimum atomic E-state index is -0.819. The molecular weight excluding hydrogens is 266 g/mol. The largest absolute Gasteiger partial charge is 0.480 e. The highest BCUT2D eigenvalue weighted by atomic mass is 32.1. The zero-order valence-corrected chi connectivity index (χ0v) is 12.0. The Hall–Kier alpha value is -0.950. The number of carbonyl (C=O) groups is 1. The Bertz CT molecular complexity index is 418. The maximum atomic E-state index is 11.6. The van der Waals surface area contributed by atoms with E-state index >= 15 is 0 Å². The summed E-state index contributed by atoms with van der Waals surface area (Å²) >= 11 is 1.51. The molecule has 1 saturated heterocycles. The summed E-state index contributed by atoms with van der Waals surface area (Å²) < 4.78 is 10.9. The standard InChI is InChI=1S/C13H19NO4S/c1-13(9-17-2)8-14(4-5-18-13)11(12(15)16)10-3-6-19-7-10/h3,6-7,11H,4-5,8-9H2,1-2H3,(H,15,16). The normalized spacial score (nSPS) is 26.2. The first kappa shape index (κ1) is 14.5. The van der Waals surface area contributed by atoms with Crippen LogP contribution in [0.1, 0.15) is 18.5 Å². The molecule has 0 radical (unpaired) electrons. The molecule has 1 N–H and O–H groups in total. The minimum Gasteiger partial charge on any atom is -0.480 e. The molecule has 1 fully saturated rings. The SMILES string of the molecule is COCC1(C)CN(C(C(=O)O)c2ccsc2)CCO1. The minimum absolute atomic E-state index is 0.448. The predicted molar refractivity (Wildman–Crippen MR) is 72.5 cm³/mol. The molecule has 0 aromatic carbocycles. The van der Waals surface area contributed by atoms with Crippen LogP contribution in [0.4, 0.5) is 0 Å². The number of methoxy groups -OCH3 is 1. The van der Waals surface area contributed by atoms with Crippen molar-refractivity contribution in [1.82, 2.24) is 4.90 Å². The van der Waals surface area contributed by atoms with Crippen molar-refractivity contribution in [3.63, 3.8) is 0 Å². The number of rotatable bonds is 5. The van der Waals surface area contributed by atoms with Crippen LogP contribution in [0.15, 0.2) is 16.8 Å². The van der Waals surface area contributed by atoms with Crippen LogP contribution < -0.4 is 0 Å². The van der Waals surface area contributed by atoms with Crippen molar-refractivity contribution in [3.8, 4) is 0 Å². The zero-order valence-electron chi connectivity index (χ0n) is 11.2. The number of aliphatic carboxylic acids is 1. The van der Waals surface area contributed by atoms with Crippen LogP contribution in [0.2, 0.25) is 0 Å². The molecule has 2 atom stereocenters. The molecule has 0 saturated carbocycles. The summed E-state index contributed by atoms with van der Waals surface area (Å²) in [4.78, 5) is 13.5. The molecule has 2 rings (SSSR count). The topological polar surface area (TPSA) is 59.0 Å². The second-order valence-electron chi connectivity index (χ2n) is 5.00. The molecule has 6 heteroatoms. The van der Waals surface area contributed by atoms with Crippen LogP contribution in [0.5, 0.6) is 0 Å². The first-order valence-corrected chi connectivity index (χ1v) is 7.12. The van der Waals surface area contributed by atoms with Gasteiger partial charge in [-0.1, -0.05) is 0 Å². The lowest BCUT2D eigenvalue weighted by Gasteiger charge is -2.42. The first-order chi connectivity index (χ1) is 9.06. The molecule has 1 aliphatic heterocycles. The van der Waals surface area contributed by atoms with Crippen LogP contribution in [0, 0.1) is 0 Å². The number of carboxylic acids is 1. The van der Waals surface area contributed by atoms with Gasteiger partial charge in [0.25, 0.3) is 0 Å². The lowest BCUT2D eigenvalue weighted by molar-refractivity contribution is -0.158. The summed E-state index contributed by atoms with van der Waals surface area (Å²) in [7, 11) is 1.63. The molecular formula is C13H19NO4S. The first-order valence-electron chi connectivity index (χ1n) is 6.17. The summed E-state index contributed by atoms with van der Waals surface area (Å²) in [6, 6.07) is 1.26. The van der Waals surface area contributed by atoms with E-state index in [4.69, 9.17) is 9.47 Å². The Morgan fingerprint density at radius 3 is 3.11 bits per heavy atom. The third-order valence-electron chi connectivity index (χ3n) is 3.27. The zero-order chi connectivity index (χ0) is 13.9. The van der Waals surface area contributed by atoms with Crippen LogP contribution in [-0.2, 0) is 14.3 Å². The van der Waals surface area contributed by atoms with E-state index in [9.17, 15) is 9.90 Å². The highest BCUT2D eigenvalue weighted by molar-refractivity contribution is 7.08. The Kier molecular flexibility index (Phi) is 4.57. The maximum absolute atomic E-state index is 11.6. The number of hydrogen-bond donors (Lipinski definition) is 1. The average molecular weight is 285 g/mol. The molecule has 1 aliphatic rings. The van der Waals surface area contributed by atoms with Crippen LogP contribution in [0.3, 0.4) is 0 Å². The molecule has 2 heterocycles. The van der Waals surface area contributed by atoms with Gasteiger partial charge >= 0.3 is 5.97 Å². The summed E-state index contributed by atoms with van der Waals surface area (Å²) in [5, 5.41) is 13.3. The summed E-state index contributed by atoms with van der Waals surface area (Å²) in [6.07, 6.45) is 0. The van der Waals surface area contributed by atoms with E-state index in [0.29, 0.717) is 26.3 Å². The van der Waals surface area contributed by atoms with Crippen LogP contribution >= 0.6 is 11.3 Å². The van der Waals surface area contributed by atoms with E-state index in [-0.39, 0.29) is 0 Å². The number of hydrogen-bond acceptors (Lipinski definition) is 5. The van der Waals surface area contributed by atoms with E-state index in [2.05, 4.69) is 0 Å². The fourth-order valence-electron chi connectivity index (χ4n) is 2.52. The molecule has 0 amide bonds. The van der Waals surface area contributed by atoms with Gasteiger partial charge in [-0.25, -0.2) is 0 Å². The van der Waals surface area contributed by atoms with Gasteiger partial charge in [-0.3, -0.25) is 9.69 Å². The predicted octanol–water partition coefficient (Wildman–Crippen LogP) is 1.61. The number of thiophene rings is 1. The number of ether oxygens (including phenoxy) is 2. The van der Waals surface area contributed by atoms with Crippen molar-refractivity contribution < 1.29 is 19.4 Å². The lowest BCUT2D eigenvalue weighted by Crippen LogP contribution is -2.54. The van der Waals surface area contributed by atoms with Gasteiger partial charge in [0.1, 0.15) is 11.6 Å². The fourth-order valence-corrected chi connectivity index (χ4v) is 3.20. The van der Waals surface area contributed by atoms with Crippen molar-refractivity contribution in [2.24, 2.45) is 0 Å². The molecule has 1 aromatic heterocycles. The third kappa shape index (κ3) is 3.33. The molecule has 106 valence electrons. The molecule has 1 aromatic rings. The van der Waals surface area contributed by atoms with Crippen molar-refractivity contribution in [2.75, 3.05) is 33.4 Å². The number of nitrogens with zero attached hydrogens (tertiary/aromatic N) is 1. The van der Waals surface area contributed by atoms with Crippen LogP contribution in [-0.4, -0.2) is 55.0 Å². The number of carboxylic acid groups (broad SMARTS) is 1. The Morgan fingerprint density at radius 2 is 2.53 bits per heavy atom. The molecule has 0 spiro atoms. The van der Waals surface area contributed by atoms with Crippen molar-refractivity contribution in [3.05, 3.63) is 22.4 Å². The molecule has 5 nitrogen and oxygen atoms in total.